The van der Waals surface area contributed by atoms with Gasteiger partial charge in [0.05, 0.1) is 5.75 Å². The van der Waals surface area contributed by atoms with Gasteiger partial charge in [0.15, 0.2) is 9.84 Å². The van der Waals surface area contributed by atoms with Crippen molar-refractivity contribution < 1.29 is 13.2 Å². The highest BCUT2D eigenvalue weighted by molar-refractivity contribution is 7.90. The molecule has 0 aliphatic carbocycles. The lowest BCUT2D eigenvalue weighted by atomic mass is 10.0. The second-order valence-electron chi connectivity index (χ2n) is 4.46. The molecule has 0 bridgehead atoms. The van der Waals surface area contributed by atoms with Crippen molar-refractivity contribution in [3.05, 3.63) is 29.8 Å². The zero-order chi connectivity index (χ0) is 13.6. The molecule has 0 spiro atoms. The van der Waals surface area contributed by atoms with E-state index in [0.717, 1.165) is 24.2 Å². The van der Waals surface area contributed by atoms with Crippen molar-refractivity contribution in [2.24, 2.45) is 5.73 Å². The van der Waals surface area contributed by atoms with Crippen molar-refractivity contribution in [1.29, 1.82) is 0 Å². The van der Waals surface area contributed by atoms with E-state index in [4.69, 9.17) is 10.5 Å². The Labute approximate surface area is 109 Å². The predicted octanol–water partition coefficient (Wildman–Crippen LogP) is 1.39. The van der Waals surface area contributed by atoms with E-state index < -0.39 is 9.84 Å². The smallest absolute Gasteiger partial charge is 0.150 e. The largest absolute Gasteiger partial charge is 0.492 e. The summed E-state index contributed by atoms with van der Waals surface area (Å²) in [5, 5.41) is 0. The fraction of sp³-hybridized carbons (Fsp3) is 0.538. The Hall–Kier alpha value is -1.07. The third-order valence-corrected chi connectivity index (χ3v) is 3.60. The number of para-hydroxylation sites is 1. The molecule has 0 saturated heterocycles. The standard InChI is InChI=1S/C13H21NO3S/c1-3-12(14)10-11-6-4-5-7-13(11)17-8-9-18(2,15)16/h4-7,12H,3,8-10,14H2,1-2H3. The zero-order valence-corrected chi connectivity index (χ0v) is 11.7. The van der Waals surface area contributed by atoms with Gasteiger partial charge in [-0.2, -0.15) is 0 Å². The number of hydrogen-bond donors (Lipinski definition) is 1. The van der Waals surface area contributed by atoms with E-state index in [1.54, 1.807) is 0 Å². The maximum atomic E-state index is 11.0. The Balaban J connectivity index is 2.64. The molecule has 0 aliphatic rings. The van der Waals surface area contributed by atoms with Crippen LogP contribution < -0.4 is 10.5 Å². The highest BCUT2D eigenvalue weighted by Gasteiger charge is 2.08. The van der Waals surface area contributed by atoms with E-state index in [9.17, 15) is 8.42 Å². The quantitative estimate of drug-likeness (QED) is 0.813. The summed E-state index contributed by atoms with van der Waals surface area (Å²) in [6.07, 6.45) is 2.85. The summed E-state index contributed by atoms with van der Waals surface area (Å²) in [5.74, 6) is 0.756. The van der Waals surface area contributed by atoms with Crippen molar-refractivity contribution in [3.8, 4) is 5.75 Å². The Morgan fingerprint density at radius 3 is 2.61 bits per heavy atom. The molecule has 0 amide bonds. The minimum Gasteiger partial charge on any atom is -0.492 e. The van der Waals surface area contributed by atoms with Crippen LogP contribution >= 0.6 is 0 Å². The Bertz CT molecular complexity index is 471. The van der Waals surface area contributed by atoms with Crippen LogP contribution in [0.1, 0.15) is 18.9 Å². The Kier molecular flexibility index (Phi) is 5.62. The van der Waals surface area contributed by atoms with Crippen LogP contribution in [0.5, 0.6) is 5.75 Å². The summed E-state index contributed by atoms with van der Waals surface area (Å²) in [7, 11) is -2.98. The van der Waals surface area contributed by atoms with Crippen molar-refractivity contribution in [2.75, 3.05) is 18.6 Å². The number of rotatable bonds is 7. The molecular formula is C13H21NO3S. The van der Waals surface area contributed by atoms with Gasteiger partial charge in [0, 0.05) is 12.3 Å². The first kappa shape index (κ1) is 15.0. The van der Waals surface area contributed by atoms with Gasteiger partial charge in [-0.3, -0.25) is 0 Å². The number of benzene rings is 1. The molecule has 0 aromatic heterocycles. The van der Waals surface area contributed by atoms with E-state index in [1.165, 1.54) is 6.26 Å². The van der Waals surface area contributed by atoms with Gasteiger partial charge in [0.2, 0.25) is 0 Å². The Morgan fingerprint density at radius 1 is 1.33 bits per heavy atom. The molecular weight excluding hydrogens is 250 g/mol. The lowest BCUT2D eigenvalue weighted by Gasteiger charge is -2.14. The van der Waals surface area contributed by atoms with Crippen molar-refractivity contribution in [2.45, 2.75) is 25.8 Å². The fourth-order valence-electron chi connectivity index (χ4n) is 1.54. The highest BCUT2D eigenvalue weighted by Crippen LogP contribution is 2.19. The first-order chi connectivity index (χ1) is 8.42. The topological polar surface area (TPSA) is 69.4 Å². The highest BCUT2D eigenvalue weighted by atomic mass is 32.2. The van der Waals surface area contributed by atoms with Crippen LogP contribution in [0, 0.1) is 0 Å². The van der Waals surface area contributed by atoms with Gasteiger partial charge >= 0.3 is 0 Å². The molecule has 0 saturated carbocycles. The maximum absolute atomic E-state index is 11.0. The third-order valence-electron chi connectivity index (χ3n) is 2.69. The minimum atomic E-state index is -2.98. The van der Waals surface area contributed by atoms with Gasteiger partial charge in [-0.15, -0.1) is 0 Å². The molecule has 0 aliphatic heterocycles. The molecule has 1 aromatic rings. The summed E-state index contributed by atoms with van der Waals surface area (Å²) in [6, 6.07) is 7.72. The SMILES string of the molecule is CCC(N)Cc1ccccc1OCCS(C)(=O)=O. The molecule has 1 unspecified atom stereocenters. The van der Waals surface area contributed by atoms with Crippen LogP contribution in [0.15, 0.2) is 24.3 Å². The van der Waals surface area contributed by atoms with E-state index in [1.807, 2.05) is 31.2 Å². The van der Waals surface area contributed by atoms with Crippen LogP contribution in [-0.4, -0.2) is 33.1 Å². The molecule has 1 atom stereocenters. The van der Waals surface area contributed by atoms with Crippen LogP contribution in [0.2, 0.25) is 0 Å². The second kappa shape index (κ2) is 6.75. The van der Waals surface area contributed by atoms with Gasteiger partial charge in [-0.05, 0) is 24.5 Å². The van der Waals surface area contributed by atoms with Crippen LogP contribution in [0.3, 0.4) is 0 Å². The molecule has 0 radical (unpaired) electrons. The van der Waals surface area contributed by atoms with Gasteiger partial charge in [0.1, 0.15) is 12.4 Å². The predicted molar refractivity (Wildman–Crippen MR) is 73.6 cm³/mol. The summed E-state index contributed by atoms with van der Waals surface area (Å²) in [6.45, 7) is 2.22. The monoisotopic (exact) mass is 271 g/mol. The average molecular weight is 271 g/mol. The molecule has 1 aromatic carbocycles. The Morgan fingerprint density at radius 2 is 2.00 bits per heavy atom. The summed E-state index contributed by atoms with van der Waals surface area (Å²) >= 11 is 0. The molecule has 0 heterocycles. The van der Waals surface area contributed by atoms with E-state index >= 15 is 0 Å². The lowest BCUT2D eigenvalue weighted by molar-refractivity contribution is 0.336. The average Bonchev–Trinajstić information content (AvgIpc) is 2.29. The van der Waals surface area contributed by atoms with Crippen LogP contribution in [0.25, 0.3) is 0 Å². The summed E-state index contributed by atoms with van der Waals surface area (Å²) in [4.78, 5) is 0. The zero-order valence-electron chi connectivity index (χ0n) is 10.9. The fourth-order valence-corrected chi connectivity index (χ4v) is 1.93. The number of ether oxygens (including phenoxy) is 1. The first-order valence-corrected chi connectivity index (χ1v) is 8.12. The molecule has 5 heteroatoms. The van der Waals surface area contributed by atoms with Crippen molar-refractivity contribution >= 4 is 9.84 Å². The summed E-state index contributed by atoms with van der Waals surface area (Å²) in [5.41, 5.74) is 6.95. The molecule has 0 fully saturated rings. The van der Waals surface area contributed by atoms with Gasteiger partial charge < -0.3 is 10.5 Å². The molecule has 18 heavy (non-hydrogen) atoms. The second-order valence-corrected chi connectivity index (χ2v) is 6.72. The van der Waals surface area contributed by atoms with E-state index in [0.29, 0.717) is 0 Å². The van der Waals surface area contributed by atoms with Crippen molar-refractivity contribution in [3.63, 3.8) is 0 Å². The van der Waals surface area contributed by atoms with Gasteiger partial charge in [-0.25, -0.2) is 8.42 Å². The maximum Gasteiger partial charge on any atom is 0.150 e. The number of hydrogen-bond acceptors (Lipinski definition) is 4. The van der Waals surface area contributed by atoms with Crippen molar-refractivity contribution in [1.82, 2.24) is 0 Å². The molecule has 2 N–H and O–H groups in total. The number of sulfone groups is 1. The van der Waals surface area contributed by atoms with Crippen LogP contribution in [0.4, 0.5) is 0 Å². The van der Waals surface area contributed by atoms with E-state index in [2.05, 4.69) is 0 Å². The minimum absolute atomic E-state index is 0.0289. The van der Waals surface area contributed by atoms with Crippen LogP contribution in [-0.2, 0) is 16.3 Å². The first-order valence-electron chi connectivity index (χ1n) is 6.06. The third kappa shape index (κ3) is 5.51. The van der Waals surface area contributed by atoms with Gasteiger partial charge in [-0.1, -0.05) is 25.1 Å². The summed E-state index contributed by atoms with van der Waals surface area (Å²) < 4.78 is 27.6. The van der Waals surface area contributed by atoms with Gasteiger partial charge in [0.25, 0.3) is 0 Å². The lowest BCUT2D eigenvalue weighted by Crippen LogP contribution is -2.22. The molecule has 4 nitrogen and oxygen atoms in total. The number of nitrogens with two attached hydrogens (primary N) is 1. The molecule has 1 rings (SSSR count). The normalized spacial score (nSPS) is 13.3. The van der Waals surface area contributed by atoms with E-state index in [-0.39, 0.29) is 18.4 Å². The molecule has 102 valence electrons.